The van der Waals surface area contributed by atoms with Crippen molar-refractivity contribution in [2.24, 2.45) is 0 Å². The molecule has 0 aromatic heterocycles. The fourth-order valence-corrected chi connectivity index (χ4v) is 4.08. The van der Waals surface area contributed by atoms with Crippen LogP contribution in [-0.2, 0) is 11.2 Å². The summed E-state index contributed by atoms with van der Waals surface area (Å²) in [6.45, 7) is 5.09. The van der Waals surface area contributed by atoms with Crippen LogP contribution in [0.2, 0.25) is 0 Å². The van der Waals surface area contributed by atoms with E-state index >= 15 is 0 Å². The molecule has 0 fully saturated rings. The fourth-order valence-electron chi connectivity index (χ4n) is 3.26. The fraction of sp³-hybridized carbons (Fsp3) is 0.750. The quantitative estimate of drug-likeness (QED) is 0.234. The van der Waals surface area contributed by atoms with E-state index < -0.39 is 0 Å². The highest BCUT2D eigenvalue weighted by molar-refractivity contribution is 7.99. The second-order valence-electron chi connectivity index (χ2n) is 7.76. The third-order valence-electron chi connectivity index (χ3n) is 4.87. The molecule has 0 radical (unpaired) electrons. The van der Waals surface area contributed by atoms with Crippen LogP contribution in [-0.4, -0.2) is 24.2 Å². The Kier molecular flexibility index (Phi) is 15.9. The zero-order chi connectivity index (χ0) is 19.6. The smallest absolute Gasteiger partial charge is 0.126 e. The standard InChI is InChI=1S/C24H41FOS/c1-22(2)26-19-21-27-20-15-11-9-7-5-3-4-6-8-10-12-16-23-17-13-14-18-24(23)25/h13-14,17-18,22H,3-12,15-16,19-21H2,1-2H3. The molecular formula is C24H41FOS. The first-order chi connectivity index (χ1) is 13.2. The molecule has 0 atom stereocenters. The predicted octanol–water partition coefficient (Wildman–Crippen LogP) is 7.82. The summed E-state index contributed by atoms with van der Waals surface area (Å²) in [6, 6.07) is 7.18. The molecular weight excluding hydrogens is 355 g/mol. The lowest BCUT2D eigenvalue weighted by atomic mass is 10.0. The molecule has 0 heterocycles. The minimum Gasteiger partial charge on any atom is -0.378 e. The molecule has 0 unspecified atom stereocenters. The van der Waals surface area contributed by atoms with Crippen LogP contribution in [0.3, 0.4) is 0 Å². The lowest BCUT2D eigenvalue weighted by molar-refractivity contribution is 0.0920. The first kappa shape index (κ1) is 24.5. The van der Waals surface area contributed by atoms with Crippen molar-refractivity contribution >= 4 is 11.8 Å². The molecule has 3 heteroatoms. The summed E-state index contributed by atoms with van der Waals surface area (Å²) in [6.07, 6.45) is 15.9. The second-order valence-corrected chi connectivity index (χ2v) is 8.99. The Bertz CT molecular complexity index is 450. The van der Waals surface area contributed by atoms with E-state index in [4.69, 9.17) is 4.74 Å². The lowest BCUT2D eigenvalue weighted by Gasteiger charge is -2.07. The van der Waals surface area contributed by atoms with Gasteiger partial charge in [-0.15, -0.1) is 0 Å². The van der Waals surface area contributed by atoms with Crippen molar-refractivity contribution in [3.8, 4) is 0 Å². The van der Waals surface area contributed by atoms with Crippen LogP contribution in [0.4, 0.5) is 4.39 Å². The minimum atomic E-state index is -0.0452. The monoisotopic (exact) mass is 396 g/mol. The SMILES string of the molecule is CC(C)OCCSCCCCCCCCCCCCCc1ccccc1F. The van der Waals surface area contributed by atoms with Crippen molar-refractivity contribution in [3.05, 3.63) is 35.6 Å². The third kappa shape index (κ3) is 15.1. The van der Waals surface area contributed by atoms with Gasteiger partial charge in [-0.25, -0.2) is 4.39 Å². The summed E-state index contributed by atoms with van der Waals surface area (Å²) >= 11 is 2.03. The molecule has 0 aliphatic carbocycles. The maximum Gasteiger partial charge on any atom is 0.126 e. The van der Waals surface area contributed by atoms with Gasteiger partial charge in [0.15, 0.2) is 0 Å². The first-order valence-corrected chi connectivity index (χ1v) is 12.3. The van der Waals surface area contributed by atoms with Gasteiger partial charge < -0.3 is 4.74 Å². The van der Waals surface area contributed by atoms with E-state index in [9.17, 15) is 4.39 Å². The maximum absolute atomic E-state index is 13.5. The Hall–Kier alpha value is -0.540. The van der Waals surface area contributed by atoms with Gasteiger partial charge in [0.05, 0.1) is 12.7 Å². The Balaban J connectivity index is 1.74. The van der Waals surface area contributed by atoms with Gasteiger partial charge in [0, 0.05) is 5.75 Å². The van der Waals surface area contributed by atoms with Crippen molar-refractivity contribution in [1.29, 1.82) is 0 Å². The predicted molar refractivity (Wildman–Crippen MR) is 119 cm³/mol. The summed E-state index contributed by atoms with van der Waals surface area (Å²) in [5.41, 5.74) is 0.875. The number of halogens is 1. The molecule has 0 saturated carbocycles. The number of unbranched alkanes of at least 4 members (excludes halogenated alkanes) is 10. The maximum atomic E-state index is 13.5. The molecule has 0 saturated heterocycles. The van der Waals surface area contributed by atoms with Crippen LogP contribution >= 0.6 is 11.8 Å². The van der Waals surface area contributed by atoms with Crippen LogP contribution < -0.4 is 0 Å². The number of aryl methyl sites for hydroxylation is 1. The van der Waals surface area contributed by atoms with E-state index in [1.165, 1.54) is 70.0 Å². The van der Waals surface area contributed by atoms with Crippen molar-refractivity contribution < 1.29 is 9.13 Å². The molecule has 0 spiro atoms. The summed E-state index contributed by atoms with van der Waals surface area (Å²) in [5, 5.41) is 0. The highest BCUT2D eigenvalue weighted by Gasteiger charge is 2.00. The number of benzene rings is 1. The van der Waals surface area contributed by atoms with Gasteiger partial charge in [-0.3, -0.25) is 0 Å². The number of ether oxygens (including phenoxy) is 1. The highest BCUT2D eigenvalue weighted by Crippen LogP contribution is 2.15. The van der Waals surface area contributed by atoms with Gasteiger partial charge in [-0.2, -0.15) is 11.8 Å². The Morgan fingerprint density at radius 3 is 1.93 bits per heavy atom. The van der Waals surface area contributed by atoms with Crippen LogP contribution in [0, 0.1) is 5.82 Å². The van der Waals surface area contributed by atoms with E-state index in [-0.39, 0.29) is 5.82 Å². The topological polar surface area (TPSA) is 9.23 Å². The van der Waals surface area contributed by atoms with Gasteiger partial charge in [0.25, 0.3) is 0 Å². The molecule has 0 aliphatic heterocycles. The number of hydrogen-bond acceptors (Lipinski definition) is 2. The summed E-state index contributed by atoms with van der Waals surface area (Å²) in [7, 11) is 0. The summed E-state index contributed by atoms with van der Waals surface area (Å²) in [4.78, 5) is 0. The van der Waals surface area contributed by atoms with Crippen LogP contribution in [0.1, 0.15) is 90.0 Å². The van der Waals surface area contributed by atoms with Crippen molar-refractivity contribution in [2.75, 3.05) is 18.1 Å². The van der Waals surface area contributed by atoms with Gasteiger partial charge in [-0.1, -0.05) is 76.0 Å². The number of hydrogen-bond donors (Lipinski definition) is 0. The van der Waals surface area contributed by atoms with Crippen molar-refractivity contribution in [2.45, 2.75) is 97.0 Å². The molecule has 1 nitrogen and oxygen atoms in total. The van der Waals surface area contributed by atoms with Gasteiger partial charge in [-0.05, 0) is 50.5 Å². The molecule has 1 aromatic rings. The zero-order valence-electron chi connectivity index (χ0n) is 17.7. The second kappa shape index (κ2) is 17.6. The van der Waals surface area contributed by atoms with Crippen LogP contribution in [0.15, 0.2) is 24.3 Å². The summed E-state index contributed by atoms with van der Waals surface area (Å²) in [5.74, 6) is 2.38. The Morgan fingerprint density at radius 1 is 0.778 bits per heavy atom. The van der Waals surface area contributed by atoms with Gasteiger partial charge in [0.2, 0.25) is 0 Å². The van der Waals surface area contributed by atoms with E-state index in [1.807, 2.05) is 23.9 Å². The van der Waals surface area contributed by atoms with E-state index in [2.05, 4.69) is 13.8 Å². The van der Waals surface area contributed by atoms with E-state index in [1.54, 1.807) is 12.1 Å². The van der Waals surface area contributed by atoms with Crippen LogP contribution in [0.25, 0.3) is 0 Å². The van der Waals surface area contributed by atoms with Crippen molar-refractivity contribution in [3.63, 3.8) is 0 Å². The Morgan fingerprint density at radius 2 is 1.33 bits per heavy atom. The normalized spacial score (nSPS) is 11.4. The number of rotatable bonds is 18. The molecule has 156 valence electrons. The molecule has 0 aliphatic rings. The lowest BCUT2D eigenvalue weighted by Crippen LogP contribution is -2.05. The van der Waals surface area contributed by atoms with E-state index in [0.717, 1.165) is 30.8 Å². The molecule has 1 aromatic carbocycles. The van der Waals surface area contributed by atoms with Crippen molar-refractivity contribution in [1.82, 2.24) is 0 Å². The summed E-state index contributed by atoms with van der Waals surface area (Å²) < 4.78 is 19.0. The molecule has 0 N–H and O–H groups in total. The average molecular weight is 397 g/mol. The average Bonchev–Trinajstić information content (AvgIpc) is 2.65. The molecule has 0 amide bonds. The largest absolute Gasteiger partial charge is 0.378 e. The third-order valence-corrected chi connectivity index (χ3v) is 5.90. The number of thioether (sulfide) groups is 1. The molecule has 0 bridgehead atoms. The Labute approximate surface area is 171 Å². The minimum absolute atomic E-state index is 0.0452. The van der Waals surface area contributed by atoms with Crippen LogP contribution in [0.5, 0.6) is 0 Å². The van der Waals surface area contributed by atoms with E-state index in [0.29, 0.717) is 6.10 Å². The first-order valence-electron chi connectivity index (χ1n) is 11.1. The van der Waals surface area contributed by atoms with Gasteiger partial charge in [0.1, 0.15) is 5.82 Å². The zero-order valence-corrected chi connectivity index (χ0v) is 18.5. The molecule has 1 rings (SSSR count). The molecule has 27 heavy (non-hydrogen) atoms. The highest BCUT2D eigenvalue weighted by atomic mass is 32.2. The van der Waals surface area contributed by atoms with Gasteiger partial charge >= 0.3 is 0 Å².